The molecule has 0 radical (unpaired) electrons. The lowest BCUT2D eigenvalue weighted by atomic mass is 10.0. The molecule has 4 aromatic rings. The van der Waals surface area contributed by atoms with Gasteiger partial charge in [0.2, 0.25) is 20.0 Å². The third-order valence-electron chi connectivity index (χ3n) is 10.4. The van der Waals surface area contributed by atoms with Gasteiger partial charge in [-0.3, -0.25) is 9.44 Å². The molecular formula is C46H67N5O9S3. The van der Waals surface area contributed by atoms with E-state index in [9.17, 15) is 35.5 Å². The number of benzene rings is 4. The Bertz CT molecular complexity index is 2570. The van der Waals surface area contributed by atoms with Gasteiger partial charge in [0.1, 0.15) is 22.1 Å². The molecule has 0 aliphatic carbocycles. The van der Waals surface area contributed by atoms with Crippen molar-refractivity contribution in [2.75, 3.05) is 22.3 Å². The minimum atomic E-state index is -4.32. The number of phenols is 2. The molecule has 0 heterocycles. The van der Waals surface area contributed by atoms with E-state index in [1.165, 1.54) is 113 Å². The Balaban J connectivity index is 1.48. The highest BCUT2D eigenvalue weighted by atomic mass is 32.2. The van der Waals surface area contributed by atoms with Gasteiger partial charge in [0.15, 0.2) is 0 Å². The smallest absolute Gasteiger partial charge is 0.262 e. The lowest BCUT2D eigenvalue weighted by molar-refractivity contribution is 0.302. The molecule has 0 saturated carbocycles. The van der Waals surface area contributed by atoms with Crippen LogP contribution in [0.2, 0.25) is 0 Å². The van der Waals surface area contributed by atoms with E-state index in [1.54, 1.807) is 41.5 Å². The predicted octanol–water partition coefficient (Wildman–Crippen LogP) is 11.7. The normalized spacial score (nSPS) is 12.6. The number of hydrogen-bond acceptors (Lipinski definition) is 11. The zero-order chi connectivity index (χ0) is 46.6. The molecule has 4 aromatic carbocycles. The number of fused-ring (bicyclic) bond motifs is 1. The Kier molecular flexibility index (Phi) is 18.2. The van der Waals surface area contributed by atoms with Crippen molar-refractivity contribution in [1.82, 2.24) is 4.72 Å². The summed E-state index contributed by atoms with van der Waals surface area (Å²) in [6.07, 6.45) is 18.4. The van der Waals surface area contributed by atoms with Crippen molar-refractivity contribution >= 4 is 63.6 Å². The van der Waals surface area contributed by atoms with Gasteiger partial charge in [-0.15, -0.1) is 5.11 Å². The summed E-state index contributed by atoms with van der Waals surface area (Å²) in [6, 6.07) is 11.3. The molecule has 0 atom stereocenters. The minimum absolute atomic E-state index is 0.00229. The number of azo groups is 1. The van der Waals surface area contributed by atoms with Gasteiger partial charge < -0.3 is 14.9 Å². The summed E-state index contributed by atoms with van der Waals surface area (Å²) in [5, 5.41) is 30.8. The molecule has 0 aliphatic rings. The van der Waals surface area contributed by atoms with Crippen LogP contribution >= 0.6 is 0 Å². The fourth-order valence-corrected chi connectivity index (χ4v) is 10.8. The van der Waals surface area contributed by atoms with Crippen LogP contribution in [0, 0.1) is 20.8 Å². The molecule has 14 nitrogen and oxygen atoms in total. The van der Waals surface area contributed by atoms with Crippen LogP contribution < -0.4 is 18.9 Å². The second-order valence-corrected chi connectivity index (χ2v) is 22.5. The third-order valence-corrected chi connectivity index (χ3v) is 14.3. The number of nitrogens with one attached hydrogen (secondary N) is 3. The van der Waals surface area contributed by atoms with Crippen LogP contribution in [0.5, 0.6) is 17.2 Å². The van der Waals surface area contributed by atoms with Gasteiger partial charge >= 0.3 is 0 Å². The largest absolute Gasteiger partial charge is 0.506 e. The summed E-state index contributed by atoms with van der Waals surface area (Å²) in [4.78, 5) is -0.585. The predicted molar refractivity (Wildman–Crippen MR) is 254 cm³/mol. The molecule has 0 bridgehead atoms. The lowest BCUT2D eigenvalue weighted by Gasteiger charge is -2.21. The van der Waals surface area contributed by atoms with Crippen LogP contribution in [-0.4, -0.2) is 53.9 Å². The van der Waals surface area contributed by atoms with E-state index >= 15 is 0 Å². The van der Waals surface area contributed by atoms with Crippen LogP contribution in [0.25, 0.3) is 10.8 Å². The van der Waals surface area contributed by atoms with Gasteiger partial charge in [-0.2, -0.15) is 5.11 Å². The molecule has 0 fully saturated rings. The van der Waals surface area contributed by atoms with E-state index in [1.807, 2.05) is 0 Å². The number of nitrogens with zero attached hydrogens (tertiary/aromatic N) is 2. The van der Waals surface area contributed by atoms with Crippen molar-refractivity contribution in [1.29, 1.82) is 0 Å². The first kappa shape index (κ1) is 51.2. The second kappa shape index (κ2) is 22.4. The van der Waals surface area contributed by atoms with Crippen molar-refractivity contribution < 1.29 is 40.2 Å². The van der Waals surface area contributed by atoms with Crippen molar-refractivity contribution in [3.8, 4) is 17.2 Å². The van der Waals surface area contributed by atoms with E-state index < -0.39 is 46.3 Å². The third kappa shape index (κ3) is 15.4. The van der Waals surface area contributed by atoms with Gasteiger partial charge in [0, 0.05) is 22.4 Å². The summed E-state index contributed by atoms with van der Waals surface area (Å²) in [5.74, 6) is -0.412. The fraction of sp³-hybridized carbons (Fsp3) is 0.522. The minimum Gasteiger partial charge on any atom is -0.506 e. The molecule has 4 rings (SSSR count). The number of rotatable bonds is 25. The number of aromatic hydroxyl groups is 2. The molecule has 5 N–H and O–H groups in total. The Labute approximate surface area is 375 Å². The van der Waals surface area contributed by atoms with Gasteiger partial charge in [0.25, 0.3) is 10.0 Å². The first-order valence-electron chi connectivity index (χ1n) is 21.9. The first-order chi connectivity index (χ1) is 29.5. The highest BCUT2D eigenvalue weighted by molar-refractivity contribution is 7.93. The number of aryl methyl sites for hydroxylation is 3. The Morgan fingerprint density at radius 2 is 1.19 bits per heavy atom. The molecule has 0 spiro atoms. The maximum atomic E-state index is 13.8. The maximum absolute atomic E-state index is 13.8. The average molecular weight is 930 g/mol. The summed E-state index contributed by atoms with van der Waals surface area (Å²) < 4.78 is 92.6. The number of sulfonamides is 3. The Morgan fingerprint density at radius 1 is 0.619 bits per heavy atom. The number of phenolic OH excluding ortho intramolecular Hbond substituents is 2. The molecule has 0 aromatic heterocycles. The molecule has 0 saturated heterocycles. The van der Waals surface area contributed by atoms with Crippen LogP contribution in [0.4, 0.5) is 22.7 Å². The highest BCUT2D eigenvalue weighted by Crippen LogP contribution is 2.43. The molecule has 63 heavy (non-hydrogen) atoms. The average Bonchev–Trinajstić information content (AvgIpc) is 3.17. The van der Waals surface area contributed by atoms with Crippen molar-refractivity contribution in [2.24, 2.45) is 10.2 Å². The van der Waals surface area contributed by atoms with Crippen molar-refractivity contribution in [3.63, 3.8) is 0 Å². The summed E-state index contributed by atoms with van der Waals surface area (Å²) >= 11 is 0. The van der Waals surface area contributed by atoms with Crippen molar-refractivity contribution in [2.45, 2.75) is 154 Å². The fourth-order valence-electron chi connectivity index (χ4n) is 7.32. The summed E-state index contributed by atoms with van der Waals surface area (Å²) in [5.41, 5.74) is 0.556. The summed E-state index contributed by atoms with van der Waals surface area (Å²) in [7, 11) is -12.4. The zero-order valence-electron chi connectivity index (χ0n) is 38.1. The highest BCUT2D eigenvalue weighted by Gasteiger charge is 2.28. The second-order valence-electron chi connectivity index (χ2n) is 17.5. The number of ether oxygens (including phenoxy) is 1. The van der Waals surface area contributed by atoms with Gasteiger partial charge in [-0.1, -0.05) is 103 Å². The summed E-state index contributed by atoms with van der Waals surface area (Å²) in [6.45, 7) is 12.6. The van der Waals surface area contributed by atoms with E-state index in [2.05, 4.69) is 31.3 Å². The number of anilines is 2. The van der Waals surface area contributed by atoms with Gasteiger partial charge in [-0.25, -0.2) is 30.0 Å². The molecule has 0 amide bonds. The Morgan fingerprint density at radius 3 is 1.76 bits per heavy atom. The maximum Gasteiger partial charge on any atom is 0.262 e. The number of hydrogen-bond donors (Lipinski definition) is 5. The molecule has 0 unspecified atom stereocenters. The quantitative estimate of drug-likeness (QED) is 0.0243. The van der Waals surface area contributed by atoms with E-state index in [0.717, 1.165) is 31.6 Å². The van der Waals surface area contributed by atoms with E-state index in [0.29, 0.717) is 23.5 Å². The van der Waals surface area contributed by atoms with Gasteiger partial charge in [0.05, 0.1) is 40.5 Å². The SMILES string of the molecule is CCCCCCCCCCCCCCCCOc1cc(NS(=O)(=O)c2cc(C)c(N=Nc3cc(S(=O)(=O)NC(C)(C)C)c(O)c4cccc(NS(C)(=O)=O)c34)cc2C)c(O)cc1C. The zero-order valence-corrected chi connectivity index (χ0v) is 40.5. The van der Waals surface area contributed by atoms with E-state index in [-0.39, 0.29) is 49.7 Å². The topological polar surface area (TPSA) is 213 Å². The van der Waals surface area contributed by atoms with Crippen LogP contribution in [0.15, 0.2) is 68.6 Å². The van der Waals surface area contributed by atoms with Gasteiger partial charge in [-0.05, 0) is 95.0 Å². The monoisotopic (exact) mass is 929 g/mol. The number of unbranched alkanes of at least 4 members (excludes halogenated alkanes) is 13. The van der Waals surface area contributed by atoms with Crippen LogP contribution in [0.1, 0.15) is 134 Å². The molecular weight excluding hydrogens is 863 g/mol. The standard InChI is InChI=1S/C46H67N5O9S3/c1-9-10-11-12-13-14-15-16-17-18-19-20-21-22-26-60-41-30-38(40(52)28-33(41)3)50-62(56,57)42-29-32(2)37(27-34(42)4)47-48-39-31-43(63(58,59)51-46(5,6)7)45(53)35-24-23-25-36(44(35)39)49-61(8,54)55/h23-25,27-31,49-53H,9-22,26H2,1-8H3. The molecule has 348 valence electrons. The molecule has 0 aliphatic heterocycles. The molecule has 17 heteroatoms. The van der Waals surface area contributed by atoms with Crippen molar-refractivity contribution in [3.05, 3.63) is 65.2 Å². The Hall–Kier alpha value is -4.45. The van der Waals surface area contributed by atoms with Crippen LogP contribution in [0.3, 0.4) is 0 Å². The lowest BCUT2D eigenvalue weighted by Crippen LogP contribution is -2.40. The van der Waals surface area contributed by atoms with E-state index in [4.69, 9.17) is 4.74 Å². The first-order valence-corrected chi connectivity index (χ1v) is 26.7. The van der Waals surface area contributed by atoms with Crippen LogP contribution in [-0.2, 0) is 30.1 Å².